The van der Waals surface area contributed by atoms with Crippen molar-refractivity contribution in [1.29, 1.82) is 0 Å². The summed E-state index contributed by atoms with van der Waals surface area (Å²) in [6.07, 6.45) is 0. The van der Waals surface area contributed by atoms with Crippen molar-refractivity contribution in [2.75, 3.05) is 0 Å². The van der Waals surface area contributed by atoms with Crippen molar-refractivity contribution < 1.29 is 29.2 Å². The molecule has 1 atom stereocenters. The Bertz CT molecular complexity index is 728. The van der Waals surface area contributed by atoms with Crippen molar-refractivity contribution in [1.82, 2.24) is 0 Å². The Morgan fingerprint density at radius 3 is 2.05 bits per heavy atom. The highest BCUT2D eigenvalue weighted by Gasteiger charge is 2.41. The van der Waals surface area contributed by atoms with E-state index in [2.05, 4.69) is 11.8 Å². The summed E-state index contributed by atoms with van der Waals surface area (Å²) in [7, 11) is -4.81. The normalized spacial score (nSPS) is 14.4. The van der Waals surface area contributed by atoms with Gasteiger partial charge in [0.1, 0.15) is 5.75 Å². The Morgan fingerprint density at radius 2 is 1.50 bits per heavy atom. The molecule has 2 aromatic rings. The van der Waals surface area contributed by atoms with Gasteiger partial charge in [-0.05, 0) is 46.3 Å². The standard InChI is InChI=1S/C11H12O6P2S/c12-10-4-3-7-5-9(2-1-8(7)6-10)11(18(13,14)15)19(16,17)20/h1-6,11-12H,(H2,13,14,15)(H2,16,17,20). The van der Waals surface area contributed by atoms with Gasteiger partial charge in [0.05, 0.1) is 0 Å². The fourth-order valence-corrected chi connectivity index (χ4v) is 6.13. The van der Waals surface area contributed by atoms with E-state index in [0.717, 1.165) is 0 Å². The Labute approximate surface area is 119 Å². The molecule has 0 aliphatic rings. The van der Waals surface area contributed by atoms with Gasteiger partial charge in [-0.1, -0.05) is 18.2 Å². The zero-order valence-electron chi connectivity index (χ0n) is 9.99. The largest absolute Gasteiger partial charge is 0.508 e. The highest BCUT2D eigenvalue weighted by Crippen LogP contribution is 2.70. The van der Waals surface area contributed by atoms with Crippen molar-refractivity contribution >= 4 is 36.7 Å². The summed E-state index contributed by atoms with van der Waals surface area (Å²) < 4.78 is 11.5. The second-order valence-corrected chi connectivity index (χ2v) is 9.75. The predicted molar refractivity (Wildman–Crippen MR) is 79.1 cm³/mol. The van der Waals surface area contributed by atoms with Crippen LogP contribution in [0.5, 0.6) is 5.75 Å². The van der Waals surface area contributed by atoms with Crippen LogP contribution in [0.2, 0.25) is 0 Å². The van der Waals surface area contributed by atoms with E-state index in [4.69, 9.17) is 0 Å². The maximum atomic E-state index is 11.5. The zero-order valence-corrected chi connectivity index (χ0v) is 12.6. The van der Waals surface area contributed by atoms with Gasteiger partial charge in [-0.25, -0.2) is 0 Å². The molecule has 9 heteroatoms. The Kier molecular flexibility index (Phi) is 4.06. The average Bonchev–Trinajstić information content (AvgIpc) is 2.25. The highest BCUT2D eigenvalue weighted by molar-refractivity contribution is 8.11. The second kappa shape index (κ2) is 5.20. The molecule has 5 N–H and O–H groups in total. The smallest absolute Gasteiger partial charge is 0.342 e. The quantitative estimate of drug-likeness (QED) is 0.545. The number of benzene rings is 2. The molecule has 6 nitrogen and oxygen atoms in total. The van der Waals surface area contributed by atoms with Crippen molar-refractivity contribution in [3.05, 3.63) is 42.0 Å². The predicted octanol–water partition coefficient (Wildman–Crippen LogP) is 2.02. The van der Waals surface area contributed by atoms with Crippen LogP contribution in [0.3, 0.4) is 0 Å². The van der Waals surface area contributed by atoms with Gasteiger partial charge in [-0.3, -0.25) is 4.57 Å². The average molecular weight is 334 g/mol. The molecule has 0 amide bonds. The number of phenolic OH excluding ortho intramolecular Hbond substituents is 1. The molecule has 0 aromatic heterocycles. The van der Waals surface area contributed by atoms with E-state index in [9.17, 15) is 29.2 Å². The monoisotopic (exact) mass is 334 g/mol. The van der Waals surface area contributed by atoms with Crippen molar-refractivity contribution in [3.63, 3.8) is 0 Å². The number of fused-ring (bicyclic) bond motifs is 1. The summed E-state index contributed by atoms with van der Waals surface area (Å²) >= 11 is 4.47. The van der Waals surface area contributed by atoms with Crippen LogP contribution in [0.1, 0.15) is 11.0 Å². The van der Waals surface area contributed by atoms with E-state index in [1.54, 1.807) is 6.07 Å². The first-order valence-corrected chi connectivity index (χ1v) is 9.88. The summed E-state index contributed by atoms with van der Waals surface area (Å²) in [6.45, 7) is -4.19. The molecule has 0 saturated heterocycles. The molecule has 0 aliphatic heterocycles. The van der Waals surface area contributed by atoms with E-state index < -0.39 is 19.5 Å². The van der Waals surface area contributed by atoms with Gasteiger partial charge >= 0.3 is 7.60 Å². The Hall–Kier alpha value is -0.780. The molecule has 0 fully saturated rings. The lowest BCUT2D eigenvalue weighted by molar-refractivity contribution is 0.363. The fourth-order valence-electron chi connectivity index (χ4n) is 2.00. The lowest BCUT2D eigenvalue weighted by Gasteiger charge is -2.23. The van der Waals surface area contributed by atoms with Gasteiger partial charge < -0.3 is 24.7 Å². The van der Waals surface area contributed by atoms with Gasteiger partial charge in [0.2, 0.25) is 6.49 Å². The number of hydrogen-bond donors (Lipinski definition) is 5. The van der Waals surface area contributed by atoms with Crippen LogP contribution in [-0.2, 0) is 16.4 Å². The van der Waals surface area contributed by atoms with E-state index in [1.165, 1.54) is 30.3 Å². The van der Waals surface area contributed by atoms with E-state index in [0.29, 0.717) is 10.8 Å². The Morgan fingerprint density at radius 1 is 0.950 bits per heavy atom. The van der Waals surface area contributed by atoms with E-state index >= 15 is 0 Å². The zero-order chi connectivity index (χ0) is 15.1. The second-order valence-electron chi connectivity index (χ2n) is 4.34. The van der Waals surface area contributed by atoms with E-state index in [1.807, 2.05) is 0 Å². The van der Waals surface area contributed by atoms with Crippen LogP contribution in [0.4, 0.5) is 0 Å². The molecule has 108 valence electrons. The minimum atomic E-state index is -4.81. The lowest BCUT2D eigenvalue weighted by atomic mass is 10.1. The summed E-state index contributed by atoms with van der Waals surface area (Å²) in [5, 5.41) is 8.79. The fraction of sp³-hybridized carbons (Fsp3) is 0.0909. The van der Waals surface area contributed by atoms with Crippen molar-refractivity contribution in [2.24, 2.45) is 0 Å². The number of hydrogen-bond acceptors (Lipinski definition) is 3. The summed E-state index contributed by atoms with van der Waals surface area (Å²) in [4.78, 5) is 37.7. The molecule has 0 saturated carbocycles. The van der Waals surface area contributed by atoms with Crippen molar-refractivity contribution in [2.45, 2.75) is 5.40 Å². The first-order chi connectivity index (χ1) is 9.09. The maximum Gasteiger partial charge on any atom is 0.342 e. The van der Waals surface area contributed by atoms with Crippen LogP contribution in [-0.4, -0.2) is 24.7 Å². The van der Waals surface area contributed by atoms with Gasteiger partial charge in [-0.15, -0.1) is 0 Å². The molecule has 0 aliphatic carbocycles. The van der Waals surface area contributed by atoms with Crippen LogP contribution in [0, 0.1) is 0 Å². The SMILES string of the molecule is O=P(O)(O)C(c1ccc2cc(O)ccc2c1)P(O)(O)=S. The first kappa shape index (κ1) is 15.6. The minimum absolute atomic E-state index is 0.0601. The third kappa shape index (κ3) is 3.27. The highest BCUT2D eigenvalue weighted by atomic mass is 32.5. The van der Waals surface area contributed by atoms with Crippen molar-refractivity contribution in [3.8, 4) is 5.75 Å². The Balaban J connectivity index is 2.64. The van der Waals surface area contributed by atoms with Gasteiger partial charge in [0.15, 0.2) is 5.40 Å². The summed E-state index contributed by atoms with van der Waals surface area (Å²) in [5.74, 6) is 0.0613. The summed E-state index contributed by atoms with van der Waals surface area (Å²) in [6, 6.07) is 8.78. The molecular weight excluding hydrogens is 322 g/mol. The molecule has 2 rings (SSSR count). The van der Waals surface area contributed by atoms with Gasteiger partial charge in [0, 0.05) is 0 Å². The van der Waals surface area contributed by atoms with Crippen LogP contribution >= 0.6 is 14.1 Å². The molecule has 0 spiro atoms. The van der Waals surface area contributed by atoms with Crippen LogP contribution in [0.15, 0.2) is 36.4 Å². The lowest BCUT2D eigenvalue weighted by Crippen LogP contribution is -2.01. The molecule has 0 bridgehead atoms. The van der Waals surface area contributed by atoms with E-state index in [-0.39, 0.29) is 11.3 Å². The molecule has 2 aromatic carbocycles. The maximum absolute atomic E-state index is 11.5. The molecule has 0 radical (unpaired) electrons. The molecule has 20 heavy (non-hydrogen) atoms. The molecule has 1 unspecified atom stereocenters. The van der Waals surface area contributed by atoms with Crippen LogP contribution in [0.25, 0.3) is 10.8 Å². The topological polar surface area (TPSA) is 118 Å². The minimum Gasteiger partial charge on any atom is -0.508 e. The number of phenols is 1. The third-order valence-corrected chi connectivity index (χ3v) is 7.62. The first-order valence-electron chi connectivity index (χ1n) is 5.42. The third-order valence-electron chi connectivity index (χ3n) is 2.78. The van der Waals surface area contributed by atoms with Gasteiger partial charge in [0.25, 0.3) is 0 Å². The molecular formula is C11H12O6P2S. The van der Waals surface area contributed by atoms with Gasteiger partial charge in [-0.2, -0.15) is 0 Å². The summed E-state index contributed by atoms with van der Waals surface area (Å²) in [5.41, 5.74) is 0.0601. The number of rotatable bonds is 3. The van der Waals surface area contributed by atoms with Crippen LogP contribution < -0.4 is 0 Å². The number of aromatic hydroxyl groups is 1. The molecule has 0 heterocycles.